The van der Waals surface area contributed by atoms with Gasteiger partial charge in [-0.25, -0.2) is 0 Å². The number of rotatable bonds is 4. The molecular weight excluding hydrogens is 743 g/mol. The van der Waals surface area contributed by atoms with Gasteiger partial charge in [0, 0.05) is 60.8 Å². The van der Waals surface area contributed by atoms with Crippen molar-refractivity contribution >= 4 is 71.7 Å². The van der Waals surface area contributed by atoms with Gasteiger partial charge in [-0.05, 0) is 110 Å². The third kappa shape index (κ3) is 4.75. The normalized spacial score (nSPS) is 14.5. The van der Waals surface area contributed by atoms with Crippen molar-refractivity contribution < 1.29 is 8.83 Å². The zero-order valence-electron chi connectivity index (χ0n) is 34.5. The Bertz CT molecular complexity index is 3670. The number of fused-ring (bicyclic) bond motifs is 14. The Hall–Kier alpha value is -7.36. The molecule has 0 fully saturated rings. The van der Waals surface area contributed by atoms with E-state index in [9.17, 15) is 0 Å². The molecule has 0 spiro atoms. The molecule has 0 N–H and O–H groups in total. The van der Waals surface area contributed by atoms with Crippen molar-refractivity contribution in [2.75, 3.05) is 4.90 Å². The first-order valence-corrected chi connectivity index (χ1v) is 21.3. The van der Waals surface area contributed by atoms with E-state index in [0.29, 0.717) is 0 Å². The molecule has 0 bridgehead atoms. The van der Waals surface area contributed by atoms with Gasteiger partial charge in [-0.15, -0.1) is 0 Å². The Morgan fingerprint density at radius 1 is 0.361 bits per heavy atom. The maximum Gasteiger partial charge on any atom is 0.143 e. The summed E-state index contributed by atoms with van der Waals surface area (Å²) in [5.74, 6) is 0. The van der Waals surface area contributed by atoms with Crippen LogP contribution in [0.15, 0.2) is 185 Å². The molecule has 0 aliphatic heterocycles. The summed E-state index contributed by atoms with van der Waals surface area (Å²) in [6, 6.07) is 64.5. The van der Waals surface area contributed by atoms with Crippen LogP contribution in [0.25, 0.3) is 88.0 Å². The van der Waals surface area contributed by atoms with Crippen molar-refractivity contribution in [2.24, 2.45) is 0 Å². The third-order valence-corrected chi connectivity index (χ3v) is 14.1. The molecular formula is C58H41NO2. The number of furan rings is 2. The van der Waals surface area contributed by atoms with Gasteiger partial charge in [0.05, 0.1) is 5.69 Å². The molecule has 0 saturated heterocycles. The van der Waals surface area contributed by atoms with E-state index in [0.717, 1.165) is 82.8 Å². The number of hydrogen-bond acceptors (Lipinski definition) is 3. The van der Waals surface area contributed by atoms with E-state index >= 15 is 0 Å². The molecule has 2 aliphatic carbocycles. The van der Waals surface area contributed by atoms with Crippen LogP contribution in [-0.4, -0.2) is 0 Å². The molecule has 2 aromatic heterocycles. The minimum absolute atomic E-state index is 0.156. The molecule has 0 unspecified atom stereocenters. The number of nitrogens with zero attached hydrogens (tertiary/aromatic N) is 1. The molecule has 0 amide bonds. The molecule has 3 heteroatoms. The van der Waals surface area contributed by atoms with Gasteiger partial charge in [-0.3, -0.25) is 0 Å². The second-order valence-electron chi connectivity index (χ2n) is 18.1. The highest BCUT2D eigenvalue weighted by atomic mass is 16.3. The minimum Gasteiger partial charge on any atom is -0.456 e. The molecule has 9 aromatic carbocycles. The number of hydrogen-bond donors (Lipinski definition) is 0. The number of anilines is 3. The van der Waals surface area contributed by atoms with E-state index < -0.39 is 0 Å². The summed E-state index contributed by atoms with van der Waals surface area (Å²) in [5, 5.41) is 6.69. The summed E-state index contributed by atoms with van der Waals surface area (Å²) in [4.78, 5) is 2.45. The Kier molecular flexibility index (Phi) is 6.85. The fraction of sp³-hybridized carbons (Fsp3) is 0.103. The van der Waals surface area contributed by atoms with E-state index in [1.165, 1.54) is 44.5 Å². The maximum atomic E-state index is 6.94. The minimum atomic E-state index is -0.175. The maximum absolute atomic E-state index is 6.94. The van der Waals surface area contributed by atoms with E-state index in [-0.39, 0.29) is 10.8 Å². The average Bonchev–Trinajstić information content (AvgIpc) is 3.98. The van der Waals surface area contributed by atoms with Crippen molar-refractivity contribution in [2.45, 2.75) is 38.5 Å². The van der Waals surface area contributed by atoms with Gasteiger partial charge >= 0.3 is 0 Å². The Morgan fingerprint density at radius 3 is 1.72 bits per heavy atom. The van der Waals surface area contributed by atoms with Gasteiger partial charge < -0.3 is 13.7 Å². The lowest BCUT2D eigenvalue weighted by Crippen LogP contribution is -2.17. The van der Waals surface area contributed by atoms with Crippen LogP contribution < -0.4 is 4.90 Å². The topological polar surface area (TPSA) is 29.5 Å². The quantitative estimate of drug-likeness (QED) is 0.178. The summed E-state index contributed by atoms with van der Waals surface area (Å²) in [7, 11) is 0. The predicted octanol–water partition coefficient (Wildman–Crippen LogP) is 16.4. The fourth-order valence-electron chi connectivity index (χ4n) is 10.9. The second kappa shape index (κ2) is 12.1. The zero-order chi connectivity index (χ0) is 40.8. The highest BCUT2D eigenvalue weighted by Gasteiger charge is 2.37. The predicted molar refractivity (Wildman–Crippen MR) is 254 cm³/mol. The molecule has 11 aromatic rings. The first kappa shape index (κ1) is 34.5. The Labute approximate surface area is 354 Å². The molecule has 2 aliphatic rings. The molecule has 61 heavy (non-hydrogen) atoms. The van der Waals surface area contributed by atoms with Crippen LogP contribution in [0.2, 0.25) is 0 Å². The van der Waals surface area contributed by atoms with E-state index in [1.807, 2.05) is 6.07 Å². The van der Waals surface area contributed by atoms with E-state index in [4.69, 9.17) is 8.83 Å². The van der Waals surface area contributed by atoms with Crippen molar-refractivity contribution in [1.29, 1.82) is 0 Å². The molecule has 290 valence electrons. The SMILES string of the molecule is CC1(C)c2ccccc2-c2ccc(-c3cc4oc5c6ccccc6ccc5c4cc3N(c3ccc4c(c3)C(C)(C)c3ccccc3-4)c3ccc4c(c3)oc3ccccc34)cc21. The van der Waals surface area contributed by atoms with Crippen LogP contribution in [0.3, 0.4) is 0 Å². The standard InChI is InChI=1S/C58H41NO2/c1-57(2)48-18-10-7-15-39(48)41-25-22-35(29-50(41)57)46-33-55-47(45-26-21-34-13-5-6-14-38(34)56(45)61-55)32-52(46)59(37-24-28-44-43-17-9-12-20-53(43)60-54(44)31-37)36-23-27-42-40-16-8-11-19-49(40)58(3,4)51(42)30-36/h5-33H,1-4H3. The van der Waals surface area contributed by atoms with Crippen LogP contribution in [0.5, 0.6) is 0 Å². The summed E-state index contributed by atoms with van der Waals surface area (Å²) in [6.07, 6.45) is 0. The van der Waals surface area contributed by atoms with Crippen LogP contribution in [0, 0.1) is 0 Å². The van der Waals surface area contributed by atoms with Gasteiger partial charge in [0.25, 0.3) is 0 Å². The van der Waals surface area contributed by atoms with Crippen LogP contribution in [-0.2, 0) is 10.8 Å². The van der Waals surface area contributed by atoms with Crippen molar-refractivity contribution in [3.8, 4) is 33.4 Å². The van der Waals surface area contributed by atoms with E-state index in [1.54, 1.807) is 0 Å². The van der Waals surface area contributed by atoms with Crippen LogP contribution in [0.1, 0.15) is 49.9 Å². The van der Waals surface area contributed by atoms with Crippen molar-refractivity contribution in [1.82, 2.24) is 0 Å². The van der Waals surface area contributed by atoms with Gasteiger partial charge in [0.2, 0.25) is 0 Å². The highest BCUT2D eigenvalue weighted by Crippen LogP contribution is 2.54. The fourth-order valence-corrected chi connectivity index (χ4v) is 10.9. The van der Waals surface area contributed by atoms with Crippen molar-refractivity contribution in [3.05, 3.63) is 198 Å². The highest BCUT2D eigenvalue weighted by molar-refractivity contribution is 6.17. The summed E-state index contributed by atoms with van der Waals surface area (Å²) in [5.41, 5.74) is 19.2. The Morgan fingerprint density at radius 2 is 0.934 bits per heavy atom. The lowest BCUT2D eigenvalue weighted by molar-refractivity contribution is 0.660. The molecule has 3 nitrogen and oxygen atoms in total. The smallest absolute Gasteiger partial charge is 0.143 e. The summed E-state index contributed by atoms with van der Waals surface area (Å²) < 4.78 is 13.5. The lowest BCUT2D eigenvalue weighted by atomic mass is 9.81. The monoisotopic (exact) mass is 783 g/mol. The molecule has 0 saturated carbocycles. The zero-order valence-corrected chi connectivity index (χ0v) is 34.5. The summed E-state index contributed by atoms with van der Waals surface area (Å²) >= 11 is 0. The molecule has 0 radical (unpaired) electrons. The number of benzene rings is 9. The molecule has 13 rings (SSSR count). The average molecular weight is 784 g/mol. The van der Waals surface area contributed by atoms with E-state index in [2.05, 4.69) is 202 Å². The number of para-hydroxylation sites is 1. The molecule has 0 atom stereocenters. The van der Waals surface area contributed by atoms with Gasteiger partial charge in [0.1, 0.15) is 22.3 Å². The lowest BCUT2D eigenvalue weighted by Gasteiger charge is -2.30. The first-order valence-electron chi connectivity index (χ1n) is 21.3. The second-order valence-corrected chi connectivity index (χ2v) is 18.1. The largest absolute Gasteiger partial charge is 0.456 e. The third-order valence-electron chi connectivity index (χ3n) is 14.1. The van der Waals surface area contributed by atoms with Gasteiger partial charge in [-0.2, -0.15) is 0 Å². The van der Waals surface area contributed by atoms with Crippen LogP contribution in [0.4, 0.5) is 17.1 Å². The summed E-state index contributed by atoms with van der Waals surface area (Å²) in [6.45, 7) is 9.43. The first-order chi connectivity index (χ1) is 29.7. The Balaban J connectivity index is 1.12. The van der Waals surface area contributed by atoms with Gasteiger partial charge in [-0.1, -0.05) is 143 Å². The van der Waals surface area contributed by atoms with Crippen molar-refractivity contribution in [3.63, 3.8) is 0 Å². The van der Waals surface area contributed by atoms with Crippen LogP contribution >= 0.6 is 0 Å². The van der Waals surface area contributed by atoms with Gasteiger partial charge in [0.15, 0.2) is 0 Å². The molecule has 2 heterocycles.